The summed E-state index contributed by atoms with van der Waals surface area (Å²) in [6, 6.07) is 15.5. The molecule has 4 aromatic rings. The molecule has 0 saturated carbocycles. The number of carboxylic acid groups (broad SMARTS) is 1. The third-order valence-corrected chi connectivity index (χ3v) is 5.01. The van der Waals surface area contributed by atoms with Gasteiger partial charge in [0.05, 0.1) is 18.4 Å². The fourth-order valence-electron chi connectivity index (χ4n) is 3.24. The second-order valence-electron chi connectivity index (χ2n) is 6.91. The zero-order valence-corrected chi connectivity index (χ0v) is 20.5. The number of hydrogen-bond donors (Lipinski definition) is 4. The Hall–Kier alpha value is -2.98. The molecule has 33 heavy (non-hydrogen) atoms. The van der Waals surface area contributed by atoms with Gasteiger partial charge in [-0.3, -0.25) is 0 Å². The van der Waals surface area contributed by atoms with Crippen LogP contribution in [0.1, 0.15) is 11.8 Å². The number of H-pyrrole nitrogens is 1. The minimum absolute atomic E-state index is 0. The van der Waals surface area contributed by atoms with Crippen LogP contribution in [0.15, 0.2) is 60.7 Å². The molecule has 0 fully saturated rings. The van der Waals surface area contributed by atoms with Gasteiger partial charge in [0.1, 0.15) is 5.75 Å². The van der Waals surface area contributed by atoms with Gasteiger partial charge in [-0.15, -0.1) is 0 Å². The molecule has 0 aliphatic heterocycles. The van der Waals surface area contributed by atoms with Crippen molar-refractivity contribution in [2.45, 2.75) is 0 Å². The summed E-state index contributed by atoms with van der Waals surface area (Å²) in [7, 11) is 1.52. The summed E-state index contributed by atoms with van der Waals surface area (Å²) >= 11 is 5.37. The molecule has 0 bridgehead atoms. The fraction of sp³-hybridized carbons (Fsp3) is 0.0435. The number of hydrogen-bond acceptors (Lipinski definition) is 3. The van der Waals surface area contributed by atoms with Crippen LogP contribution in [0, 0.1) is 11.6 Å². The van der Waals surface area contributed by atoms with E-state index in [1.165, 1.54) is 19.2 Å². The van der Waals surface area contributed by atoms with Gasteiger partial charge in [0.2, 0.25) is 0 Å². The number of carboxylic acids is 1. The minimum atomic E-state index is -1.01. The molecule has 0 radical (unpaired) electrons. The van der Waals surface area contributed by atoms with E-state index < -0.39 is 17.6 Å². The van der Waals surface area contributed by atoms with Crippen molar-refractivity contribution in [1.82, 2.24) is 4.98 Å². The molecule has 1 aromatic heterocycles. The van der Waals surface area contributed by atoms with Crippen molar-refractivity contribution in [3.05, 3.63) is 77.9 Å². The van der Waals surface area contributed by atoms with Crippen LogP contribution in [0.3, 0.4) is 0 Å². The summed E-state index contributed by atoms with van der Waals surface area (Å²) in [5, 5.41) is 15.8. The van der Waals surface area contributed by atoms with Crippen molar-refractivity contribution in [1.29, 1.82) is 0 Å². The van der Waals surface area contributed by atoms with Crippen molar-refractivity contribution >= 4 is 45.6 Å². The maximum atomic E-state index is 13.5. The number of nitrogens with one attached hydrogen (secondary N) is 3. The Kier molecular flexibility index (Phi) is 7.70. The number of ether oxygens (including phenoxy) is 1. The van der Waals surface area contributed by atoms with E-state index in [1.807, 2.05) is 6.07 Å². The molecule has 3 aromatic carbocycles. The minimum Gasteiger partial charge on any atom is -1.00 e. The van der Waals surface area contributed by atoms with Crippen LogP contribution in [0.25, 0.3) is 22.2 Å². The van der Waals surface area contributed by atoms with Crippen LogP contribution in [0.5, 0.6) is 5.75 Å². The van der Waals surface area contributed by atoms with Crippen molar-refractivity contribution in [2.24, 2.45) is 0 Å². The van der Waals surface area contributed by atoms with Crippen molar-refractivity contribution < 1.29 is 54.4 Å². The van der Waals surface area contributed by atoms with Gasteiger partial charge in [-0.05, 0) is 66.8 Å². The molecule has 4 N–H and O–H groups in total. The van der Waals surface area contributed by atoms with Crippen LogP contribution in [0.4, 0.5) is 20.2 Å². The number of rotatable bonds is 5. The molecule has 0 aliphatic carbocycles. The first-order valence-corrected chi connectivity index (χ1v) is 9.82. The molecule has 0 amide bonds. The number of aromatic carboxylic acids is 1. The van der Waals surface area contributed by atoms with E-state index in [1.54, 1.807) is 30.3 Å². The van der Waals surface area contributed by atoms with Gasteiger partial charge in [0, 0.05) is 33.9 Å². The van der Waals surface area contributed by atoms with Crippen molar-refractivity contribution in [3.63, 3.8) is 0 Å². The Labute approximate surface area is 216 Å². The molecule has 0 saturated heterocycles. The number of carbonyl (C=O) groups is 1. The van der Waals surface area contributed by atoms with Gasteiger partial charge in [-0.1, -0.05) is 0 Å². The number of aromatic nitrogens is 1. The number of halogens is 2. The Morgan fingerprint density at radius 3 is 2.39 bits per heavy atom. The van der Waals surface area contributed by atoms with Crippen LogP contribution >= 0.6 is 12.2 Å². The topological polar surface area (TPSA) is 86.4 Å². The first-order valence-electron chi connectivity index (χ1n) is 9.41. The smallest absolute Gasteiger partial charge is 1.00 e. The van der Waals surface area contributed by atoms with Gasteiger partial charge < -0.3 is 26.9 Å². The van der Waals surface area contributed by atoms with Crippen molar-refractivity contribution in [2.75, 3.05) is 17.7 Å². The van der Waals surface area contributed by atoms with Gasteiger partial charge >= 0.3 is 35.5 Å². The van der Waals surface area contributed by atoms with Crippen LogP contribution in [0.2, 0.25) is 0 Å². The molecule has 0 unspecified atom stereocenters. The first kappa shape index (κ1) is 24.7. The molecule has 6 nitrogen and oxygen atoms in total. The zero-order valence-electron chi connectivity index (χ0n) is 18.7. The second-order valence-corrected chi connectivity index (χ2v) is 7.32. The molecule has 0 aliphatic rings. The Morgan fingerprint density at radius 1 is 1.03 bits per heavy atom. The van der Waals surface area contributed by atoms with Gasteiger partial charge in [-0.25, -0.2) is 13.6 Å². The Balaban J connectivity index is 0.00000204. The average molecular weight is 477 g/mol. The SMILES string of the molecule is COc1ccc(-c2cc3cc(F)c(F)cc3[nH]2)cc1NC(=S)Nc1ccc(C(=O)O)cc1.[H-].[Na+]. The van der Waals surface area contributed by atoms with E-state index in [9.17, 15) is 13.6 Å². The molecule has 0 spiro atoms. The average Bonchev–Trinajstić information content (AvgIpc) is 3.17. The molecule has 164 valence electrons. The van der Waals surface area contributed by atoms with E-state index in [2.05, 4.69) is 15.6 Å². The third-order valence-electron chi connectivity index (χ3n) is 4.81. The van der Waals surface area contributed by atoms with Gasteiger partial charge in [0.25, 0.3) is 0 Å². The molecule has 0 atom stereocenters. The monoisotopic (exact) mass is 477 g/mol. The summed E-state index contributed by atoms with van der Waals surface area (Å²) in [6.07, 6.45) is 0. The van der Waals surface area contributed by atoms with Crippen molar-refractivity contribution in [3.8, 4) is 17.0 Å². The summed E-state index contributed by atoms with van der Waals surface area (Å²) in [5.74, 6) is -2.31. The summed E-state index contributed by atoms with van der Waals surface area (Å²) in [6.45, 7) is 0. The number of thiocarbonyl (C=S) groups is 1. The summed E-state index contributed by atoms with van der Waals surface area (Å²) in [5.41, 5.74) is 3.24. The third kappa shape index (κ3) is 5.51. The van der Waals surface area contributed by atoms with E-state index in [0.29, 0.717) is 33.7 Å². The molecular weight excluding hydrogens is 459 g/mol. The maximum absolute atomic E-state index is 13.5. The van der Waals surface area contributed by atoms with E-state index in [0.717, 1.165) is 17.7 Å². The number of benzene rings is 3. The normalized spacial score (nSPS) is 10.4. The quantitative estimate of drug-likeness (QED) is 0.261. The summed E-state index contributed by atoms with van der Waals surface area (Å²) in [4.78, 5) is 14.1. The number of fused-ring (bicyclic) bond motifs is 1. The second kappa shape index (κ2) is 10.3. The van der Waals surface area contributed by atoms with E-state index >= 15 is 0 Å². The van der Waals surface area contributed by atoms with Gasteiger partial charge in [0.15, 0.2) is 16.7 Å². The zero-order chi connectivity index (χ0) is 22.8. The maximum Gasteiger partial charge on any atom is 1.00 e. The largest absolute Gasteiger partial charge is 1.00 e. The summed E-state index contributed by atoms with van der Waals surface area (Å²) < 4.78 is 32.5. The number of methoxy groups -OCH3 is 1. The fourth-order valence-corrected chi connectivity index (χ4v) is 3.46. The molecular formula is C23H18F2N3NaO3S. The van der Waals surface area contributed by atoms with Crippen LogP contribution < -0.4 is 44.9 Å². The predicted molar refractivity (Wildman–Crippen MR) is 125 cm³/mol. The van der Waals surface area contributed by atoms with Crippen LogP contribution in [-0.2, 0) is 0 Å². The number of aromatic amines is 1. The molecule has 1 heterocycles. The van der Waals surface area contributed by atoms with Crippen LogP contribution in [-0.4, -0.2) is 28.3 Å². The molecule has 4 rings (SSSR count). The predicted octanol–water partition coefficient (Wildman–Crippen LogP) is 2.75. The Bertz CT molecular complexity index is 1310. The van der Waals surface area contributed by atoms with E-state index in [-0.39, 0.29) is 41.7 Å². The first-order chi connectivity index (χ1) is 15.3. The van der Waals surface area contributed by atoms with Gasteiger partial charge in [-0.2, -0.15) is 0 Å². The van der Waals surface area contributed by atoms with E-state index in [4.69, 9.17) is 22.1 Å². The molecule has 10 heteroatoms. The number of anilines is 2. The Morgan fingerprint density at radius 2 is 1.73 bits per heavy atom. The standard InChI is InChI=1S/C23H17F2N3O3S.Na.H/c1-31-21-7-4-13(18-10-14-8-16(24)17(25)11-19(14)27-18)9-20(21)28-23(32)26-15-5-2-12(3-6-15)22(29)30;;/h2-11,27H,1H3,(H,29,30)(H2,26,28,32);;/q;+1;-1.